The van der Waals surface area contributed by atoms with Crippen LogP contribution >= 0.6 is 0 Å². The summed E-state index contributed by atoms with van der Waals surface area (Å²) < 4.78 is 13.1. The third kappa shape index (κ3) is 4.23. The molecule has 0 saturated heterocycles. The van der Waals surface area contributed by atoms with E-state index < -0.39 is 0 Å². The molecule has 1 aromatic carbocycles. The number of rotatable bonds is 7. The van der Waals surface area contributed by atoms with E-state index in [0.717, 1.165) is 43.0 Å². The molecule has 2 rings (SSSR count). The Labute approximate surface area is 124 Å². The van der Waals surface area contributed by atoms with E-state index in [1.54, 1.807) is 18.5 Å². The lowest BCUT2D eigenvalue weighted by molar-refractivity contribution is 0.627. The van der Waals surface area contributed by atoms with Crippen LogP contribution in [-0.2, 0) is 6.42 Å². The highest BCUT2D eigenvalue weighted by atomic mass is 19.1. The first-order chi connectivity index (χ1) is 10.2. The normalized spacial score (nSPS) is 10.6. The topological polar surface area (TPSA) is 55.0 Å². The number of anilines is 2. The van der Waals surface area contributed by atoms with Crippen molar-refractivity contribution in [3.63, 3.8) is 0 Å². The lowest BCUT2D eigenvalue weighted by Gasteiger charge is -2.24. The molecule has 4 nitrogen and oxygen atoms in total. The molecular weight excluding hydrogens is 267 g/mol. The largest absolute Gasteiger partial charge is 0.330 e. The fourth-order valence-electron chi connectivity index (χ4n) is 2.17. The Hall–Kier alpha value is -2.01. The molecule has 1 heterocycles. The average molecular weight is 288 g/mol. The number of aromatic nitrogens is 2. The van der Waals surface area contributed by atoms with E-state index in [4.69, 9.17) is 5.73 Å². The summed E-state index contributed by atoms with van der Waals surface area (Å²) in [5.74, 6) is 0.584. The minimum Gasteiger partial charge on any atom is -0.330 e. The Morgan fingerprint density at radius 2 is 1.95 bits per heavy atom. The van der Waals surface area contributed by atoms with Crippen LogP contribution in [0.1, 0.15) is 25.5 Å². The Bertz CT molecular complexity index is 556. The van der Waals surface area contributed by atoms with Crippen LogP contribution < -0.4 is 10.6 Å². The maximum Gasteiger partial charge on any atom is 0.136 e. The van der Waals surface area contributed by atoms with Gasteiger partial charge in [-0.1, -0.05) is 13.3 Å². The van der Waals surface area contributed by atoms with Gasteiger partial charge in [-0.15, -0.1) is 0 Å². The van der Waals surface area contributed by atoms with Crippen molar-refractivity contribution in [3.8, 4) is 0 Å². The first kappa shape index (κ1) is 15.4. The highest BCUT2D eigenvalue weighted by molar-refractivity contribution is 5.59. The molecule has 0 bridgehead atoms. The SMILES string of the molecule is CCCc1cc(N(CCCN)c2ccc(F)cc2)ncn1. The number of nitrogens with two attached hydrogens (primary N) is 1. The summed E-state index contributed by atoms with van der Waals surface area (Å²) in [6, 6.07) is 8.42. The van der Waals surface area contributed by atoms with Crippen LogP contribution in [-0.4, -0.2) is 23.1 Å². The van der Waals surface area contributed by atoms with Gasteiger partial charge in [0.05, 0.1) is 0 Å². The van der Waals surface area contributed by atoms with Crippen molar-refractivity contribution in [2.75, 3.05) is 18.0 Å². The van der Waals surface area contributed by atoms with E-state index in [2.05, 4.69) is 16.9 Å². The molecule has 0 atom stereocenters. The maximum atomic E-state index is 13.1. The highest BCUT2D eigenvalue weighted by Crippen LogP contribution is 2.24. The molecule has 2 N–H and O–H groups in total. The molecule has 2 aromatic rings. The van der Waals surface area contributed by atoms with Crippen LogP contribution in [0.15, 0.2) is 36.7 Å². The van der Waals surface area contributed by atoms with Crippen molar-refractivity contribution >= 4 is 11.5 Å². The predicted molar refractivity (Wildman–Crippen MR) is 83.1 cm³/mol. The van der Waals surface area contributed by atoms with Gasteiger partial charge >= 0.3 is 0 Å². The van der Waals surface area contributed by atoms with Gasteiger partial charge in [-0.25, -0.2) is 14.4 Å². The molecule has 0 aliphatic rings. The number of aryl methyl sites for hydroxylation is 1. The summed E-state index contributed by atoms with van der Waals surface area (Å²) in [6.45, 7) is 3.46. The molecule has 0 unspecified atom stereocenters. The average Bonchev–Trinajstić information content (AvgIpc) is 2.50. The van der Waals surface area contributed by atoms with E-state index >= 15 is 0 Å². The Morgan fingerprint density at radius 1 is 1.19 bits per heavy atom. The zero-order chi connectivity index (χ0) is 15.1. The first-order valence-corrected chi connectivity index (χ1v) is 7.28. The van der Waals surface area contributed by atoms with Gasteiger partial charge < -0.3 is 10.6 Å². The molecule has 0 amide bonds. The quantitative estimate of drug-likeness (QED) is 0.850. The molecule has 0 fully saturated rings. The molecule has 0 aliphatic carbocycles. The molecule has 5 heteroatoms. The lowest BCUT2D eigenvalue weighted by atomic mass is 10.2. The smallest absolute Gasteiger partial charge is 0.136 e. The van der Waals surface area contributed by atoms with E-state index in [1.807, 2.05) is 11.0 Å². The van der Waals surface area contributed by atoms with Crippen LogP contribution in [0, 0.1) is 5.82 Å². The van der Waals surface area contributed by atoms with Gasteiger partial charge in [0, 0.05) is 24.0 Å². The van der Waals surface area contributed by atoms with Gasteiger partial charge in [-0.3, -0.25) is 0 Å². The number of nitrogens with zero attached hydrogens (tertiary/aromatic N) is 3. The van der Waals surface area contributed by atoms with Gasteiger partial charge in [0.2, 0.25) is 0 Å². The molecule has 0 saturated carbocycles. The number of halogens is 1. The van der Waals surface area contributed by atoms with Crippen LogP contribution in [0.25, 0.3) is 0 Å². The standard InChI is InChI=1S/C16H21FN4/c1-2-4-14-11-16(20-12-19-14)21(10-3-9-18)15-7-5-13(17)6-8-15/h5-8,11-12H,2-4,9-10,18H2,1H3. The van der Waals surface area contributed by atoms with Crippen LogP contribution in [0.4, 0.5) is 15.9 Å². The lowest BCUT2D eigenvalue weighted by Crippen LogP contribution is -2.22. The Morgan fingerprint density at radius 3 is 2.62 bits per heavy atom. The molecule has 0 spiro atoms. The zero-order valence-corrected chi connectivity index (χ0v) is 12.3. The maximum absolute atomic E-state index is 13.1. The summed E-state index contributed by atoms with van der Waals surface area (Å²) >= 11 is 0. The Kier molecular flexibility index (Phi) is 5.63. The minimum absolute atomic E-state index is 0.244. The summed E-state index contributed by atoms with van der Waals surface area (Å²) in [7, 11) is 0. The van der Waals surface area contributed by atoms with Crippen molar-refractivity contribution in [3.05, 3.63) is 48.2 Å². The zero-order valence-electron chi connectivity index (χ0n) is 12.3. The second-order valence-electron chi connectivity index (χ2n) is 4.89. The first-order valence-electron chi connectivity index (χ1n) is 7.28. The summed E-state index contributed by atoms with van der Waals surface area (Å²) in [4.78, 5) is 10.7. The van der Waals surface area contributed by atoms with Gasteiger partial charge in [-0.05, 0) is 43.7 Å². The van der Waals surface area contributed by atoms with Crippen molar-refractivity contribution in [2.45, 2.75) is 26.2 Å². The highest BCUT2D eigenvalue weighted by Gasteiger charge is 2.11. The van der Waals surface area contributed by atoms with Crippen LogP contribution in [0.3, 0.4) is 0 Å². The van der Waals surface area contributed by atoms with Crippen molar-refractivity contribution in [2.24, 2.45) is 5.73 Å². The Balaban J connectivity index is 2.30. The second-order valence-corrected chi connectivity index (χ2v) is 4.89. The van der Waals surface area contributed by atoms with Gasteiger partial charge in [0.25, 0.3) is 0 Å². The van der Waals surface area contributed by atoms with E-state index in [-0.39, 0.29) is 5.82 Å². The summed E-state index contributed by atoms with van der Waals surface area (Å²) in [6.07, 6.45) is 4.38. The third-order valence-electron chi connectivity index (χ3n) is 3.22. The molecule has 21 heavy (non-hydrogen) atoms. The second kappa shape index (κ2) is 7.69. The van der Waals surface area contributed by atoms with Crippen LogP contribution in [0.5, 0.6) is 0 Å². The van der Waals surface area contributed by atoms with Gasteiger partial charge in [0.1, 0.15) is 18.0 Å². The fraction of sp³-hybridized carbons (Fsp3) is 0.375. The predicted octanol–water partition coefficient (Wildman–Crippen LogP) is 3.06. The minimum atomic E-state index is -0.244. The summed E-state index contributed by atoms with van der Waals surface area (Å²) in [5.41, 5.74) is 7.54. The van der Waals surface area contributed by atoms with Crippen molar-refractivity contribution in [1.82, 2.24) is 9.97 Å². The summed E-state index contributed by atoms with van der Waals surface area (Å²) in [5, 5.41) is 0. The van der Waals surface area contributed by atoms with E-state index in [0.29, 0.717) is 6.54 Å². The molecule has 112 valence electrons. The van der Waals surface area contributed by atoms with Crippen LogP contribution in [0.2, 0.25) is 0 Å². The fourth-order valence-corrected chi connectivity index (χ4v) is 2.17. The van der Waals surface area contributed by atoms with Gasteiger partial charge in [-0.2, -0.15) is 0 Å². The number of benzene rings is 1. The van der Waals surface area contributed by atoms with E-state index in [9.17, 15) is 4.39 Å². The molecule has 0 radical (unpaired) electrons. The molecular formula is C16H21FN4. The monoisotopic (exact) mass is 288 g/mol. The van der Waals surface area contributed by atoms with E-state index in [1.165, 1.54) is 12.1 Å². The molecule has 0 aliphatic heterocycles. The third-order valence-corrected chi connectivity index (χ3v) is 3.22. The number of hydrogen-bond acceptors (Lipinski definition) is 4. The van der Waals surface area contributed by atoms with Crippen molar-refractivity contribution in [1.29, 1.82) is 0 Å². The van der Waals surface area contributed by atoms with Crippen molar-refractivity contribution < 1.29 is 4.39 Å². The molecule has 1 aromatic heterocycles. The van der Waals surface area contributed by atoms with Gasteiger partial charge in [0.15, 0.2) is 0 Å². The number of hydrogen-bond donors (Lipinski definition) is 1.